The van der Waals surface area contributed by atoms with Gasteiger partial charge in [0.25, 0.3) is 0 Å². The highest BCUT2D eigenvalue weighted by atomic mass is 16.7. The van der Waals surface area contributed by atoms with Gasteiger partial charge in [0.2, 0.25) is 17.7 Å². The van der Waals surface area contributed by atoms with Crippen LogP contribution in [-0.4, -0.2) is 166 Å². The molecule has 0 aromatic heterocycles. The van der Waals surface area contributed by atoms with Gasteiger partial charge >= 0.3 is 12.1 Å². The van der Waals surface area contributed by atoms with E-state index in [1.165, 1.54) is 6.92 Å². The third-order valence-corrected chi connectivity index (χ3v) is 8.67. The van der Waals surface area contributed by atoms with Gasteiger partial charge in [0.15, 0.2) is 12.6 Å². The number of alkyl carbamates (subject to hydrolysis) is 1. The number of carboxylic acid groups (broad SMARTS) is 1. The quantitative estimate of drug-likeness (QED) is 0.0535. The molecule has 0 bridgehead atoms. The number of aliphatic carboxylic acids is 1. The molecule has 2 fully saturated rings. The lowest BCUT2D eigenvalue weighted by Gasteiger charge is -2.47. The summed E-state index contributed by atoms with van der Waals surface area (Å²) in [4.78, 5) is 60.2. The highest BCUT2D eigenvalue weighted by Crippen LogP contribution is 2.29. The van der Waals surface area contributed by atoms with Gasteiger partial charge in [-0.05, 0) is 31.2 Å². The van der Waals surface area contributed by atoms with Crippen molar-refractivity contribution in [2.75, 3.05) is 32.9 Å². The van der Waals surface area contributed by atoms with Crippen LogP contribution in [0.15, 0.2) is 30.3 Å². The number of amides is 4. The largest absolute Gasteiger partial charge is 0.480 e. The first kappa shape index (κ1) is 45.4. The maximum atomic E-state index is 12.5. The van der Waals surface area contributed by atoms with Crippen molar-refractivity contribution in [3.63, 3.8) is 0 Å². The average Bonchev–Trinajstić information content (AvgIpc) is 3.16. The molecule has 1 aromatic rings. The zero-order chi connectivity index (χ0) is 40.5. The number of hydrogen-bond acceptors (Lipinski definition) is 16. The van der Waals surface area contributed by atoms with Crippen molar-refractivity contribution in [1.29, 1.82) is 0 Å². The van der Waals surface area contributed by atoms with Gasteiger partial charge in [0.05, 0.1) is 19.8 Å². The molecule has 2 heterocycles. The first-order chi connectivity index (χ1) is 26.2. The highest BCUT2D eigenvalue weighted by Gasteiger charge is 2.51. The molecule has 0 radical (unpaired) electrons. The van der Waals surface area contributed by atoms with Gasteiger partial charge in [-0.1, -0.05) is 30.3 Å². The Labute approximate surface area is 316 Å². The number of carbonyl (C=O) groups is 5. The summed E-state index contributed by atoms with van der Waals surface area (Å²) in [6.45, 7) is -0.825. The van der Waals surface area contributed by atoms with E-state index in [1.54, 1.807) is 30.3 Å². The minimum absolute atomic E-state index is 0.00137. The fourth-order valence-corrected chi connectivity index (χ4v) is 5.78. The molecule has 2 aliphatic rings. The van der Waals surface area contributed by atoms with Crippen molar-refractivity contribution in [1.82, 2.24) is 21.3 Å². The number of carboxylic acids is 1. The Balaban J connectivity index is 1.43. The molecule has 0 aliphatic carbocycles. The van der Waals surface area contributed by atoms with E-state index < -0.39 is 111 Å². The van der Waals surface area contributed by atoms with E-state index >= 15 is 0 Å². The topological polar surface area (TPSA) is 321 Å². The van der Waals surface area contributed by atoms with Gasteiger partial charge in [-0.2, -0.15) is 0 Å². The maximum Gasteiger partial charge on any atom is 0.408 e. The predicted molar refractivity (Wildman–Crippen MR) is 184 cm³/mol. The lowest BCUT2D eigenvalue weighted by molar-refractivity contribution is -0.348. The third-order valence-electron chi connectivity index (χ3n) is 8.67. The van der Waals surface area contributed by atoms with Crippen LogP contribution in [0.1, 0.15) is 44.6 Å². The number of benzene rings is 1. The number of unbranched alkanes of at least 4 members (excludes halogenated alkanes) is 1. The van der Waals surface area contributed by atoms with Crippen LogP contribution in [0.5, 0.6) is 0 Å². The number of nitrogens with one attached hydrogen (secondary N) is 4. The van der Waals surface area contributed by atoms with Crippen LogP contribution in [0.4, 0.5) is 4.79 Å². The monoisotopic (exact) mass is 788 g/mol. The lowest BCUT2D eigenvalue weighted by atomic mass is 9.95. The van der Waals surface area contributed by atoms with E-state index in [0.717, 1.165) is 5.56 Å². The van der Waals surface area contributed by atoms with E-state index in [2.05, 4.69) is 21.3 Å². The van der Waals surface area contributed by atoms with Gasteiger partial charge < -0.3 is 80.7 Å². The van der Waals surface area contributed by atoms with Crippen molar-refractivity contribution >= 4 is 29.8 Å². The Morgan fingerprint density at radius 1 is 0.836 bits per heavy atom. The standard InChI is InChI=1S/C34H52N4O17/c1-18(41)37-25-27(46)30(55-33-29(48)28(47)26(45)21(15-39)53-33)22(16-40)54-32(25)51-13-7-11-23(42)35-12-6-5-10-20(31(49)36-14-24(43)44)38-34(50)52-17-19-8-3-2-4-9-19/h2-4,8-9,20-22,25-30,32-33,39-40,45-48H,5-7,10-17H2,1H3,(H,35,42)(H,36,49)(H,37,41)(H,38,50)(H,43,44)/t20-,21+,22+,25+,26-,27+,28-,29+,30+,32+,33-/m0/s1. The molecule has 1 aromatic carbocycles. The van der Waals surface area contributed by atoms with Gasteiger partial charge in [0, 0.05) is 19.9 Å². The lowest BCUT2D eigenvalue weighted by Crippen LogP contribution is -2.67. The molecule has 21 heteroatoms. The van der Waals surface area contributed by atoms with Crippen molar-refractivity contribution < 1.29 is 83.4 Å². The van der Waals surface area contributed by atoms with Crippen LogP contribution in [0.2, 0.25) is 0 Å². The molecule has 11 atom stereocenters. The van der Waals surface area contributed by atoms with E-state index in [4.69, 9.17) is 28.8 Å². The summed E-state index contributed by atoms with van der Waals surface area (Å²) in [7, 11) is 0. The van der Waals surface area contributed by atoms with E-state index in [1.807, 2.05) is 0 Å². The first-order valence-corrected chi connectivity index (χ1v) is 17.8. The molecule has 11 N–H and O–H groups in total. The molecular formula is C34H52N4O17. The highest BCUT2D eigenvalue weighted by molar-refractivity contribution is 5.87. The van der Waals surface area contributed by atoms with Crippen LogP contribution in [-0.2, 0) is 49.5 Å². The molecule has 55 heavy (non-hydrogen) atoms. The van der Waals surface area contributed by atoms with Crippen molar-refractivity contribution in [2.45, 2.75) is 113 Å². The SMILES string of the molecule is CC(=O)N[C@H]1[C@H](OCCCC(=O)NCCCC[C@H](NC(=O)OCc2ccccc2)C(=O)NCC(=O)O)O[C@H](CO)[C@@H](O[C@@H]2O[C@H](CO)[C@H](O)[C@H](O)[C@H]2O)[C@@H]1O. The molecule has 4 amide bonds. The summed E-state index contributed by atoms with van der Waals surface area (Å²) in [5, 5.41) is 79.9. The molecule has 2 saturated heterocycles. The Morgan fingerprint density at radius 2 is 1.53 bits per heavy atom. The maximum absolute atomic E-state index is 12.5. The van der Waals surface area contributed by atoms with E-state index in [9.17, 15) is 54.6 Å². The second-order valence-corrected chi connectivity index (χ2v) is 12.9. The minimum Gasteiger partial charge on any atom is -0.480 e. The van der Waals surface area contributed by atoms with Crippen LogP contribution >= 0.6 is 0 Å². The van der Waals surface area contributed by atoms with Crippen molar-refractivity contribution in [2.24, 2.45) is 0 Å². The molecule has 310 valence electrons. The molecule has 0 saturated carbocycles. The summed E-state index contributed by atoms with van der Waals surface area (Å²) in [6.07, 6.45) is -13.7. The average molecular weight is 789 g/mol. The van der Waals surface area contributed by atoms with Crippen LogP contribution in [0.25, 0.3) is 0 Å². The van der Waals surface area contributed by atoms with Crippen LogP contribution in [0.3, 0.4) is 0 Å². The summed E-state index contributed by atoms with van der Waals surface area (Å²) in [5.41, 5.74) is 0.730. The van der Waals surface area contributed by atoms with Gasteiger partial charge in [-0.3, -0.25) is 19.2 Å². The fraction of sp³-hybridized carbons (Fsp3) is 0.676. The molecule has 0 unspecified atom stereocenters. The summed E-state index contributed by atoms with van der Waals surface area (Å²) >= 11 is 0. The molecule has 0 spiro atoms. The normalized spacial score (nSPS) is 28.3. The minimum atomic E-state index is -1.81. The second-order valence-electron chi connectivity index (χ2n) is 12.9. The Bertz CT molecular complexity index is 1370. The fourth-order valence-electron chi connectivity index (χ4n) is 5.78. The Hall–Kier alpha value is -4.03. The zero-order valence-corrected chi connectivity index (χ0v) is 30.2. The Morgan fingerprint density at radius 3 is 2.18 bits per heavy atom. The summed E-state index contributed by atoms with van der Waals surface area (Å²) < 4.78 is 27.7. The number of hydrogen-bond donors (Lipinski definition) is 11. The number of aliphatic hydroxyl groups is 6. The molecular weight excluding hydrogens is 736 g/mol. The summed E-state index contributed by atoms with van der Waals surface area (Å²) in [5.74, 6) is -2.89. The van der Waals surface area contributed by atoms with Crippen molar-refractivity contribution in [3.8, 4) is 0 Å². The predicted octanol–water partition coefficient (Wildman–Crippen LogP) is -3.67. The molecule has 3 rings (SSSR count). The van der Waals surface area contributed by atoms with Gasteiger partial charge in [-0.15, -0.1) is 0 Å². The molecule has 21 nitrogen and oxygen atoms in total. The van der Waals surface area contributed by atoms with E-state index in [-0.39, 0.29) is 44.9 Å². The third kappa shape index (κ3) is 14.5. The number of ether oxygens (including phenoxy) is 5. The number of carbonyl (C=O) groups excluding carboxylic acids is 4. The first-order valence-electron chi connectivity index (χ1n) is 17.8. The van der Waals surface area contributed by atoms with Crippen LogP contribution < -0.4 is 21.3 Å². The van der Waals surface area contributed by atoms with E-state index in [0.29, 0.717) is 12.8 Å². The van der Waals surface area contributed by atoms with Crippen LogP contribution in [0, 0.1) is 0 Å². The zero-order valence-electron chi connectivity index (χ0n) is 30.2. The second kappa shape index (κ2) is 23.1. The van der Waals surface area contributed by atoms with Crippen molar-refractivity contribution in [3.05, 3.63) is 35.9 Å². The smallest absolute Gasteiger partial charge is 0.408 e. The van der Waals surface area contributed by atoms with Gasteiger partial charge in [-0.25, -0.2) is 4.79 Å². The summed E-state index contributed by atoms with van der Waals surface area (Å²) in [6, 6.07) is 6.51. The number of rotatable bonds is 21. The molecule has 2 aliphatic heterocycles. The number of aliphatic hydroxyl groups excluding tert-OH is 6. The van der Waals surface area contributed by atoms with Gasteiger partial charge in [0.1, 0.15) is 68.0 Å². The Kier molecular flexibility index (Phi) is 19.1.